The van der Waals surface area contributed by atoms with Gasteiger partial charge in [0.25, 0.3) is 0 Å². The monoisotopic (exact) mass is 401 g/mol. The van der Waals surface area contributed by atoms with E-state index in [1.165, 1.54) is 23.5 Å². The summed E-state index contributed by atoms with van der Waals surface area (Å²) in [6, 6.07) is 15.8. The summed E-state index contributed by atoms with van der Waals surface area (Å²) in [4.78, 5) is 16.6. The van der Waals surface area contributed by atoms with Crippen molar-refractivity contribution in [2.45, 2.75) is 20.0 Å². The Kier molecular flexibility index (Phi) is 6.44. The number of aromatic nitrogens is 1. The lowest BCUT2D eigenvalue weighted by molar-refractivity contribution is -0.120. The molecule has 8 heteroatoms. The number of ether oxygens (including phenoxy) is 1. The minimum atomic E-state index is -2.87. The lowest BCUT2D eigenvalue weighted by Gasteiger charge is -2.06. The quantitative estimate of drug-likeness (QED) is 0.469. The van der Waals surface area contributed by atoms with Gasteiger partial charge in [0.05, 0.1) is 17.8 Å². The van der Waals surface area contributed by atoms with Crippen LogP contribution in [0.5, 0.6) is 5.75 Å². The molecule has 0 aliphatic rings. The second-order valence-corrected chi connectivity index (χ2v) is 6.75. The van der Waals surface area contributed by atoms with Gasteiger partial charge in [-0.2, -0.15) is 13.9 Å². The summed E-state index contributed by atoms with van der Waals surface area (Å²) in [5.74, 6) is -0.223. The van der Waals surface area contributed by atoms with Crippen molar-refractivity contribution >= 4 is 23.0 Å². The highest BCUT2D eigenvalue weighted by molar-refractivity contribution is 7.10. The molecule has 0 spiro atoms. The Morgan fingerprint density at radius 2 is 1.89 bits per heavy atom. The van der Waals surface area contributed by atoms with Crippen LogP contribution in [0.25, 0.3) is 11.3 Å². The number of carbonyl (C=O) groups is 1. The number of carbonyl (C=O) groups excluding carboxylic acids is 1. The lowest BCUT2D eigenvalue weighted by atomic mass is 10.1. The van der Waals surface area contributed by atoms with Gasteiger partial charge < -0.3 is 4.74 Å². The fourth-order valence-electron chi connectivity index (χ4n) is 2.40. The number of hydrazone groups is 1. The van der Waals surface area contributed by atoms with Crippen LogP contribution in [0.15, 0.2) is 65.1 Å². The van der Waals surface area contributed by atoms with E-state index in [1.807, 2.05) is 35.7 Å². The van der Waals surface area contributed by atoms with Crippen LogP contribution < -0.4 is 10.2 Å². The Morgan fingerprint density at radius 3 is 2.57 bits per heavy atom. The van der Waals surface area contributed by atoms with Crippen molar-refractivity contribution in [2.75, 3.05) is 0 Å². The van der Waals surface area contributed by atoms with Gasteiger partial charge in [0.15, 0.2) is 0 Å². The van der Waals surface area contributed by atoms with E-state index in [4.69, 9.17) is 0 Å². The molecule has 0 saturated heterocycles. The zero-order chi connectivity index (χ0) is 19.9. The predicted octanol–water partition coefficient (Wildman–Crippen LogP) is 4.49. The first kappa shape index (κ1) is 19.6. The number of nitrogens with one attached hydrogen (secondary N) is 1. The SMILES string of the molecule is C/C(=N/NC(=O)Cc1nc(-c2ccccc2)cs1)c1ccc(OC(F)F)cc1. The van der Waals surface area contributed by atoms with Gasteiger partial charge in [-0.15, -0.1) is 11.3 Å². The Morgan fingerprint density at radius 1 is 1.18 bits per heavy atom. The molecule has 0 radical (unpaired) electrons. The van der Waals surface area contributed by atoms with Gasteiger partial charge in [-0.05, 0) is 36.8 Å². The standard InChI is InChI=1S/C20H17F2N3O2S/c1-13(14-7-9-16(10-8-14)27-20(21)22)24-25-18(26)11-19-23-17(12-28-19)15-5-3-2-4-6-15/h2-10,12,20H,11H2,1H3,(H,25,26)/b24-13-. The number of thiazole rings is 1. The molecule has 3 rings (SSSR count). The van der Waals surface area contributed by atoms with E-state index in [0.29, 0.717) is 16.3 Å². The molecule has 0 aliphatic carbocycles. The van der Waals surface area contributed by atoms with E-state index >= 15 is 0 Å². The van der Waals surface area contributed by atoms with Crippen LogP contribution in [0, 0.1) is 0 Å². The van der Waals surface area contributed by atoms with Crippen LogP contribution in [-0.2, 0) is 11.2 Å². The lowest BCUT2D eigenvalue weighted by Crippen LogP contribution is -2.21. The molecule has 1 N–H and O–H groups in total. The van der Waals surface area contributed by atoms with Gasteiger partial charge >= 0.3 is 6.61 Å². The fraction of sp³-hybridized carbons (Fsp3) is 0.150. The van der Waals surface area contributed by atoms with Crippen molar-refractivity contribution in [3.63, 3.8) is 0 Å². The summed E-state index contributed by atoms with van der Waals surface area (Å²) in [5, 5.41) is 6.66. The molecule has 0 bridgehead atoms. The molecule has 0 fully saturated rings. The number of amides is 1. The Hall–Kier alpha value is -3.13. The van der Waals surface area contributed by atoms with Crippen molar-refractivity contribution in [1.29, 1.82) is 0 Å². The molecule has 144 valence electrons. The summed E-state index contributed by atoms with van der Waals surface area (Å²) < 4.78 is 28.6. The maximum absolute atomic E-state index is 12.2. The topological polar surface area (TPSA) is 63.6 Å². The zero-order valence-corrected chi connectivity index (χ0v) is 15.7. The van der Waals surface area contributed by atoms with E-state index in [2.05, 4.69) is 20.2 Å². The van der Waals surface area contributed by atoms with Crippen LogP contribution in [0.4, 0.5) is 8.78 Å². The molecule has 0 saturated carbocycles. The number of nitrogens with zero attached hydrogens (tertiary/aromatic N) is 2. The molecule has 5 nitrogen and oxygen atoms in total. The highest BCUT2D eigenvalue weighted by Crippen LogP contribution is 2.21. The first-order valence-corrected chi connectivity index (χ1v) is 9.27. The largest absolute Gasteiger partial charge is 0.435 e. The Balaban J connectivity index is 1.57. The molecular formula is C20H17F2N3O2S. The first-order valence-electron chi connectivity index (χ1n) is 8.39. The summed E-state index contributed by atoms with van der Waals surface area (Å²) in [6.45, 7) is -1.16. The second-order valence-electron chi connectivity index (χ2n) is 5.80. The molecule has 1 aromatic heterocycles. The molecule has 2 aromatic carbocycles. The third kappa shape index (κ3) is 5.43. The average Bonchev–Trinajstić information content (AvgIpc) is 3.15. The molecule has 1 amide bonds. The summed E-state index contributed by atoms with van der Waals surface area (Å²) in [6.07, 6.45) is 0.120. The van der Waals surface area contributed by atoms with Gasteiger partial charge in [-0.3, -0.25) is 4.79 Å². The minimum Gasteiger partial charge on any atom is -0.435 e. The number of rotatable bonds is 7. The van der Waals surface area contributed by atoms with E-state index < -0.39 is 6.61 Å². The molecule has 28 heavy (non-hydrogen) atoms. The normalized spacial score (nSPS) is 11.5. The molecule has 1 heterocycles. The minimum absolute atomic E-state index is 0.0635. The van der Waals surface area contributed by atoms with Gasteiger partial charge in [-0.1, -0.05) is 30.3 Å². The summed E-state index contributed by atoms with van der Waals surface area (Å²) in [5.41, 5.74) is 5.55. The van der Waals surface area contributed by atoms with Crippen molar-refractivity contribution in [3.05, 3.63) is 70.5 Å². The number of halogens is 2. The van der Waals surface area contributed by atoms with E-state index in [1.54, 1.807) is 19.1 Å². The van der Waals surface area contributed by atoms with Gasteiger partial charge in [0.1, 0.15) is 10.8 Å². The van der Waals surface area contributed by atoms with Crippen LogP contribution >= 0.6 is 11.3 Å². The number of hydrogen-bond acceptors (Lipinski definition) is 5. The number of alkyl halides is 2. The van der Waals surface area contributed by atoms with Gasteiger partial charge in [-0.25, -0.2) is 10.4 Å². The molecule has 0 atom stereocenters. The van der Waals surface area contributed by atoms with Crippen molar-refractivity contribution in [3.8, 4) is 17.0 Å². The van der Waals surface area contributed by atoms with E-state index in [0.717, 1.165) is 11.3 Å². The second kappa shape index (κ2) is 9.18. The first-order chi connectivity index (χ1) is 13.5. The van der Waals surface area contributed by atoms with E-state index in [-0.39, 0.29) is 18.1 Å². The Labute approximate surface area is 164 Å². The molecule has 3 aromatic rings. The highest BCUT2D eigenvalue weighted by Gasteiger charge is 2.09. The maximum Gasteiger partial charge on any atom is 0.387 e. The Bertz CT molecular complexity index is 957. The average molecular weight is 401 g/mol. The van der Waals surface area contributed by atoms with Crippen molar-refractivity contribution in [1.82, 2.24) is 10.4 Å². The van der Waals surface area contributed by atoms with Crippen LogP contribution in [-0.4, -0.2) is 23.2 Å². The summed E-state index contributed by atoms with van der Waals surface area (Å²) in [7, 11) is 0. The molecular weight excluding hydrogens is 384 g/mol. The van der Waals surface area contributed by atoms with Crippen molar-refractivity contribution < 1.29 is 18.3 Å². The van der Waals surface area contributed by atoms with Gasteiger partial charge in [0.2, 0.25) is 5.91 Å². The fourth-order valence-corrected chi connectivity index (χ4v) is 3.20. The van der Waals surface area contributed by atoms with Crippen LogP contribution in [0.3, 0.4) is 0 Å². The maximum atomic E-state index is 12.2. The third-order valence-electron chi connectivity index (χ3n) is 3.78. The molecule has 0 unspecified atom stereocenters. The van der Waals surface area contributed by atoms with Crippen molar-refractivity contribution in [2.24, 2.45) is 5.10 Å². The molecule has 0 aliphatic heterocycles. The predicted molar refractivity (Wildman–Crippen MR) is 105 cm³/mol. The zero-order valence-electron chi connectivity index (χ0n) is 14.9. The summed E-state index contributed by atoms with van der Waals surface area (Å²) >= 11 is 1.41. The van der Waals surface area contributed by atoms with Gasteiger partial charge in [0, 0.05) is 10.9 Å². The van der Waals surface area contributed by atoms with Crippen LogP contribution in [0.1, 0.15) is 17.5 Å². The third-order valence-corrected chi connectivity index (χ3v) is 4.63. The number of benzene rings is 2. The van der Waals surface area contributed by atoms with E-state index in [9.17, 15) is 13.6 Å². The van der Waals surface area contributed by atoms with Crippen LogP contribution in [0.2, 0.25) is 0 Å². The number of hydrogen-bond donors (Lipinski definition) is 1. The smallest absolute Gasteiger partial charge is 0.387 e. The highest BCUT2D eigenvalue weighted by atomic mass is 32.1.